The number of para-hydroxylation sites is 1. The van der Waals surface area contributed by atoms with Gasteiger partial charge in [-0.05, 0) is 56.5 Å². The van der Waals surface area contributed by atoms with Crippen LogP contribution in [0.15, 0.2) is 54.6 Å². The molecule has 2 N–H and O–H groups in total. The number of anilines is 1. The normalized spacial score (nSPS) is 15.5. The summed E-state index contributed by atoms with van der Waals surface area (Å²) in [4.78, 5) is 18.7. The number of nitrogens with zero attached hydrogens (tertiary/aromatic N) is 2. The topological polar surface area (TPSA) is 65.5 Å². The minimum Gasteiger partial charge on any atom is -0.478 e. The molecule has 3 aromatic rings. The lowest BCUT2D eigenvalue weighted by Gasteiger charge is -2.32. The number of rotatable bonds is 6. The van der Waals surface area contributed by atoms with E-state index in [-0.39, 0.29) is 0 Å². The third-order valence-electron chi connectivity index (χ3n) is 5.71. The number of aromatic carboxylic acids is 1. The van der Waals surface area contributed by atoms with E-state index in [9.17, 15) is 9.90 Å². The van der Waals surface area contributed by atoms with Gasteiger partial charge in [-0.15, -0.1) is 0 Å². The van der Waals surface area contributed by atoms with Gasteiger partial charge in [-0.2, -0.15) is 0 Å². The summed E-state index contributed by atoms with van der Waals surface area (Å²) in [6.45, 7) is 6.15. The van der Waals surface area contributed by atoms with Crippen LogP contribution in [0.4, 0.5) is 5.82 Å². The van der Waals surface area contributed by atoms with E-state index in [1.165, 1.54) is 11.1 Å². The Morgan fingerprint density at radius 3 is 2.69 bits per heavy atom. The second-order valence-corrected chi connectivity index (χ2v) is 7.97. The zero-order valence-electron chi connectivity index (χ0n) is 16.8. The molecule has 5 nitrogen and oxygen atoms in total. The van der Waals surface area contributed by atoms with Crippen LogP contribution in [0.5, 0.6) is 0 Å². The molecular weight excluding hydrogens is 362 g/mol. The average Bonchev–Trinajstić information content (AvgIpc) is 2.72. The molecule has 0 spiro atoms. The highest BCUT2D eigenvalue weighted by Gasteiger charge is 2.20. The highest BCUT2D eigenvalue weighted by atomic mass is 16.4. The largest absolute Gasteiger partial charge is 0.478 e. The number of carbonyl (C=O) groups is 1. The number of fused-ring (bicyclic) bond motifs is 1. The minimum atomic E-state index is -0.920. The molecule has 0 atom stereocenters. The predicted octanol–water partition coefficient (Wildman–Crippen LogP) is 4.57. The van der Waals surface area contributed by atoms with E-state index < -0.39 is 5.97 Å². The van der Waals surface area contributed by atoms with Gasteiger partial charge in [-0.3, -0.25) is 4.90 Å². The van der Waals surface area contributed by atoms with Gasteiger partial charge in [0.15, 0.2) is 0 Å². The van der Waals surface area contributed by atoms with Crippen LogP contribution in [0.1, 0.15) is 34.3 Å². The third-order valence-corrected chi connectivity index (χ3v) is 5.71. The lowest BCUT2D eigenvalue weighted by atomic mass is 9.96. The Kier molecular flexibility index (Phi) is 5.76. The van der Waals surface area contributed by atoms with Crippen molar-refractivity contribution in [1.82, 2.24) is 9.88 Å². The molecule has 150 valence electrons. The van der Waals surface area contributed by atoms with Gasteiger partial charge in [-0.25, -0.2) is 9.78 Å². The quantitative estimate of drug-likeness (QED) is 0.647. The molecule has 1 saturated heterocycles. The van der Waals surface area contributed by atoms with Crippen molar-refractivity contribution < 1.29 is 9.90 Å². The molecule has 2 heterocycles. The second kappa shape index (κ2) is 8.62. The predicted molar refractivity (Wildman–Crippen MR) is 116 cm³/mol. The number of aryl methyl sites for hydroxylation is 1. The van der Waals surface area contributed by atoms with Crippen molar-refractivity contribution in [2.45, 2.75) is 26.3 Å². The maximum Gasteiger partial charge on any atom is 0.336 e. The maximum atomic E-state index is 11.6. The molecule has 1 aliphatic heterocycles. The Labute approximate surface area is 171 Å². The third kappa shape index (κ3) is 4.74. The lowest BCUT2D eigenvalue weighted by Crippen LogP contribution is -2.35. The van der Waals surface area contributed by atoms with Crippen molar-refractivity contribution in [3.05, 3.63) is 71.3 Å². The van der Waals surface area contributed by atoms with Crippen molar-refractivity contribution >= 4 is 22.7 Å². The summed E-state index contributed by atoms with van der Waals surface area (Å²) in [7, 11) is 0. The number of hydrogen-bond donors (Lipinski definition) is 2. The van der Waals surface area contributed by atoms with Gasteiger partial charge in [0.1, 0.15) is 5.82 Å². The standard InChI is InChI=1S/C24H27N3O2/c1-17-5-4-6-19(13-17)16-27-11-9-18(10-12-27)15-25-23-14-21(24(28)29)20-7-2-3-8-22(20)26-23/h2-8,13-14,18H,9-12,15-16H2,1H3,(H,25,26)(H,28,29). The molecular formula is C24H27N3O2. The number of piperidine rings is 1. The monoisotopic (exact) mass is 389 g/mol. The first-order valence-corrected chi connectivity index (χ1v) is 10.2. The number of hydrogen-bond acceptors (Lipinski definition) is 4. The Balaban J connectivity index is 1.34. The van der Waals surface area contributed by atoms with Gasteiger partial charge in [0.05, 0.1) is 11.1 Å². The fourth-order valence-electron chi connectivity index (χ4n) is 4.11. The van der Waals surface area contributed by atoms with Crippen LogP contribution < -0.4 is 5.32 Å². The highest BCUT2D eigenvalue weighted by Crippen LogP contribution is 2.23. The number of pyridine rings is 1. The first kappa shape index (κ1) is 19.4. The molecule has 1 aromatic heterocycles. The molecule has 1 aliphatic rings. The van der Waals surface area contributed by atoms with E-state index in [0.717, 1.165) is 39.0 Å². The van der Waals surface area contributed by atoms with Crippen LogP contribution in [-0.4, -0.2) is 40.6 Å². The van der Waals surface area contributed by atoms with E-state index in [4.69, 9.17) is 0 Å². The van der Waals surface area contributed by atoms with E-state index in [2.05, 4.69) is 46.4 Å². The molecule has 29 heavy (non-hydrogen) atoms. The molecule has 0 saturated carbocycles. The molecule has 4 rings (SSSR count). The van der Waals surface area contributed by atoms with Crippen LogP contribution in [0.3, 0.4) is 0 Å². The van der Waals surface area contributed by atoms with Crippen LogP contribution in [-0.2, 0) is 6.54 Å². The van der Waals surface area contributed by atoms with Crippen molar-refractivity contribution in [3.63, 3.8) is 0 Å². The Hall–Kier alpha value is -2.92. The molecule has 1 fully saturated rings. The van der Waals surface area contributed by atoms with E-state index >= 15 is 0 Å². The van der Waals surface area contributed by atoms with Gasteiger partial charge in [-0.1, -0.05) is 48.0 Å². The van der Waals surface area contributed by atoms with Gasteiger partial charge in [0.25, 0.3) is 0 Å². The summed E-state index contributed by atoms with van der Waals surface area (Å²) in [5, 5.41) is 13.6. The number of carboxylic acids is 1. The van der Waals surface area contributed by atoms with E-state index in [1.54, 1.807) is 12.1 Å². The van der Waals surface area contributed by atoms with E-state index in [0.29, 0.717) is 28.2 Å². The van der Waals surface area contributed by atoms with Gasteiger partial charge in [0, 0.05) is 18.5 Å². The Morgan fingerprint density at radius 1 is 1.14 bits per heavy atom. The summed E-state index contributed by atoms with van der Waals surface area (Å²) < 4.78 is 0. The summed E-state index contributed by atoms with van der Waals surface area (Å²) in [6, 6.07) is 17.8. The molecule has 2 aromatic carbocycles. The Morgan fingerprint density at radius 2 is 1.93 bits per heavy atom. The molecule has 0 aliphatic carbocycles. The lowest BCUT2D eigenvalue weighted by molar-refractivity contribution is 0.0699. The number of aromatic nitrogens is 1. The summed E-state index contributed by atoms with van der Waals surface area (Å²) in [6.07, 6.45) is 2.27. The second-order valence-electron chi connectivity index (χ2n) is 7.97. The maximum absolute atomic E-state index is 11.6. The number of benzene rings is 2. The zero-order chi connectivity index (χ0) is 20.2. The van der Waals surface area contributed by atoms with Crippen LogP contribution in [0, 0.1) is 12.8 Å². The van der Waals surface area contributed by atoms with Crippen molar-refractivity contribution in [3.8, 4) is 0 Å². The minimum absolute atomic E-state index is 0.297. The smallest absolute Gasteiger partial charge is 0.336 e. The number of nitrogens with one attached hydrogen (secondary N) is 1. The molecule has 0 unspecified atom stereocenters. The highest BCUT2D eigenvalue weighted by molar-refractivity contribution is 6.03. The van der Waals surface area contributed by atoms with Crippen molar-refractivity contribution in [2.24, 2.45) is 5.92 Å². The SMILES string of the molecule is Cc1cccc(CN2CCC(CNc3cc(C(=O)O)c4ccccc4n3)CC2)c1. The molecule has 0 bridgehead atoms. The first-order valence-electron chi connectivity index (χ1n) is 10.2. The first-order chi connectivity index (χ1) is 14.1. The summed E-state index contributed by atoms with van der Waals surface area (Å²) in [5.41, 5.74) is 3.70. The fraction of sp³-hybridized carbons (Fsp3) is 0.333. The zero-order valence-corrected chi connectivity index (χ0v) is 16.8. The fourth-order valence-corrected chi connectivity index (χ4v) is 4.11. The summed E-state index contributed by atoms with van der Waals surface area (Å²) in [5.74, 6) is 0.296. The molecule has 0 amide bonds. The van der Waals surface area contributed by atoms with Gasteiger partial charge in [0.2, 0.25) is 0 Å². The number of likely N-dealkylation sites (tertiary alicyclic amines) is 1. The molecule has 5 heteroatoms. The van der Waals surface area contributed by atoms with Crippen molar-refractivity contribution in [1.29, 1.82) is 0 Å². The van der Waals surface area contributed by atoms with Crippen molar-refractivity contribution in [2.75, 3.05) is 25.0 Å². The number of carboxylic acid groups (broad SMARTS) is 1. The Bertz CT molecular complexity index is 1010. The van der Waals surface area contributed by atoms with E-state index in [1.807, 2.05) is 18.2 Å². The summed E-state index contributed by atoms with van der Waals surface area (Å²) >= 11 is 0. The van der Waals surface area contributed by atoms with Gasteiger partial charge < -0.3 is 10.4 Å². The average molecular weight is 389 g/mol. The van der Waals surface area contributed by atoms with Crippen LogP contribution in [0.2, 0.25) is 0 Å². The molecule has 0 radical (unpaired) electrons. The van der Waals surface area contributed by atoms with Crippen LogP contribution in [0.25, 0.3) is 10.9 Å². The van der Waals surface area contributed by atoms with Gasteiger partial charge >= 0.3 is 5.97 Å². The van der Waals surface area contributed by atoms with Crippen LogP contribution >= 0.6 is 0 Å².